The Morgan fingerprint density at radius 2 is 2.18 bits per heavy atom. The Labute approximate surface area is 166 Å². The van der Waals surface area contributed by atoms with Crippen LogP contribution in [0.3, 0.4) is 0 Å². The summed E-state index contributed by atoms with van der Waals surface area (Å²) in [6, 6.07) is 3.80. The topological polar surface area (TPSA) is 100 Å². The number of ether oxygens (including phenoxy) is 1. The van der Waals surface area contributed by atoms with E-state index in [4.69, 9.17) is 14.3 Å². The molecular weight excluding hydrogens is 360 g/mol. The molecule has 0 unspecified atom stereocenters. The molecule has 2 rings (SSSR count). The lowest BCUT2D eigenvalue weighted by atomic mass is 9.89. The number of carboxylic acid groups (broad SMARTS) is 1. The van der Waals surface area contributed by atoms with Crippen LogP contribution in [0.25, 0.3) is 0 Å². The molecular formula is C22H32O6. The number of furan rings is 1. The lowest BCUT2D eigenvalue weighted by Crippen LogP contribution is -2.20. The standard InChI is InChI=1S/C22H32O6/c1-27-16(10-11-17-7-6-14-28-17)12-13-19-18(20(23)15-21(19)24)8-4-2-3-5-9-22(25)26/h2,4,6-7,12-14,16,18-21,23-24H,3,5,8-11,15H2,1H3,(H,25,26)/t16-,18-,19-,20+,21+/m1/s1. The van der Waals surface area contributed by atoms with Crippen molar-refractivity contribution in [1.29, 1.82) is 0 Å². The highest BCUT2D eigenvalue weighted by atomic mass is 16.5. The predicted molar refractivity (Wildman–Crippen MR) is 106 cm³/mol. The van der Waals surface area contributed by atoms with E-state index < -0.39 is 18.2 Å². The molecule has 0 spiro atoms. The molecule has 6 heteroatoms. The zero-order valence-corrected chi connectivity index (χ0v) is 16.4. The summed E-state index contributed by atoms with van der Waals surface area (Å²) in [7, 11) is 1.66. The van der Waals surface area contributed by atoms with Gasteiger partial charge >= 0.3 is 5.97 Å². The van der Waals surface area contributed by atoms with Crippen molar-refractivity contribution in [1.82, 2.24) is 0 Å². The molecule has 5 atom stereocenters. The Balaban J connectivity index is 1.85. The first kappa shape index (κ1) is 22.4. The van der Waals surface area contributed by atoms with Crippen molar-refractivity contribution in [3.05, 3.63) is 48.5 Å². The maximum atomic E-state index is 10.5. The second-order valence-electron chi connectivity index (χ2n) is 7.38. The van der Waals surface area contributed by atoms with Crippen molar-refractivity contribution in [2.45, 2.75) is 63.3 Å². The molecule has 156 valence electrons. The van der Waals surface area contributed by atoms with Gasteiger partial charge in [-0.2, -0.15) is 0 Å². The minimum atomic E-state index is -0.785. The van der Waals surface area contributed by atoms with Crippen LogP contribution in [0.15, 0.2) is 47.1 Å². The number of aliphatic hydroxyl groups excluding tert-OH is 2. The van der Waals surface area contributed by atoms with Crippen LogP contribution in [0.2, 0.25) is 0 Å². The summed E-state index contributed by atoms with van der Waals surface area (Å²) >= 11 is 0. The Morgan fingerprint density at radius 3 is 2.86 bits per heavy atom. The summed E-state index contributed by atoms with van der Waals surface area (Å²) in [4.78, 5) is 10.5. The molecule has 1 fully saturated rings. The van der Waals surface area contributed by atoms with Crippen molar-refractivity contribution in [2.75, 3.05) is 7.11 Å². The quantitative estimate of drug-likeness (QED) is 0.373. The lowest BCUT2D eigenvalue weighted by molar-refractivity contribution is -0.137. The molecule has 1 aromatic heterocycles. The molecule has 0 amide bonds. The first-order chi connectivity index (χ1) is 13.5. The molecule has 0 radical (unpaired) electrons. The van der Waals surface area contributed by atoms with Crippen LogP contribution in [0, 0.1) is 11.8 Å². The minimum absolute atomic E-state index is 0.0513. The fourth-order valence-electron chi connectivity index (χ4n) is 3.73. The number of allylic oxidation sites excluding steroid dienone is 2. The van der Waals surface area contributed by atoms with Gasteiger partial charge in [-0.25, -0.2) is 0 Å². The third-order valence-corrected chi connectivity index (χ3v) is 5.36. The third kappa shape index (κ3) is 7.26. The number of carboxylic acids is 1. The van der Waals surface area contributed by atoms with Gasteiger partial charge in [-0.15, -0.1) is 0 Å². The Hall–Kier alpha value is -1.89. The number of aliphatic hydroxyl groups is 2. The van der Waals surface area contributed by atoms with Gasteiger partial charge in [-0.3, -0.25) is 4.79 Å². The molecule has 1 heterocycles. The maximum absolute atomic E-state index is 10.5. The van der Waals surface area contributed by atoms with E-state index in [2.05, 4.69) is 0 Å². The molecule has 28 heavy (non-hydrogen) atoms. The highest BCUT2D eigenvalue weighted by molar-refractivity contribution is 5.66. The summed E-state index contributed by atoms with van der Waals surface area (Å²) < 4.78 is 10.9. The Bertz CT molecular complexity index is 621. The molecule has 0 bridgehead atoms. The van der Waals surface area contributed by atoms with Gasteiger partial charge in [0.1, 0.15) is 5.76 Å². The van der Waals surface area contributed by atoms with E-state index in [0.717, 1.165) is 18.6 Å². The number of hydrogen-bond acceptors (Lipinski definition) is 5. The average Bonchev–Trinajstić information content (AvgIpc) is 3.26. The highest BCUT2D eigenvalue weighted by Crippen LogP contribution is 2.36. The van der Waals surface area contributed by atoms with Crippen LogP contribution in [-0.2, 0) is 16.0 Å². The molecule has 3 N–H and O–H groups in total. The van der Waals surface area contributed by atoms with Crippen molar-refractivity contribution in [3.8, 4) is 0 Å². The normalized spacial score (nSPS) is 26.4. The maximum Gasteiger partial charge on any atom is 0.303 e. The van der Waals surface area contributed by atoms with Crippen molar-refractivity contribution in [3.63, 3.8) is 0 Å². The number of hydrogen-bond donors (Lipinski definition) is 3. The molecule has 0 saturated heterocycles. The van der Waals surface area contributed by atoms with E-state index in [0.29, 0.717) is 25.7 Å². The number of carbonyl (C=O) groups is 1. The SMILES string of the molecule is CO[C@@H](C=C[C@@H]1[C@@H](CC=CCCCC(=O)O)[C@@H](O)C[C@@H]1O)CCc1ccco1. The van der Waals surface area contributed by atoms with E-state index in [1.807, 2.05) is 36.4 Å². The number of methoxy groups -OCH3 is 1. The van der Waals surface area contributed by atoms with E-state index in [1.165, 1.54) is 0 Å². The van der Waals surface area contributed by atoms with Crippen LogP contribution < -0.4 is 0 Å². The summed E-state index contributed by atoms with van der Waals surface area (Å²) in [6.07, 6.45) is 12.4. The average molecular weight is 392 g/mol. The van der Waals surface area contributed by atoms with Gasteiger partial charge in [0.2, 0.25) is 0 Å². The van der Waals surface area contributed by atoms with Gasteiger partial charge in [0.15, 0.2) is 0 Å². The van der Waals surface area contributed by atoms with Crippen LogP contribution in [0.5, 0.6) is 0 Å². The molecule has 1 aromatic rings. The van der Waals surface area contributed by atoms with E-state index in [9.17, 15) is 15.0 Å². The molecule has 0 aliphatic heterocycles. The first-order valence-electron chi connectivity index (χ1n) is 9.97. The fraction of sp³-hybridized carbons (Fsp3) is 0.591. The summed E-state index contributed by atoms with van der Waals surface area (Å²) in [5, 5.41) is 29.3. The van der Waals surface area contributed by atoms with Crippen LogP contribution in [0.1, 0.15) is 44.3 Å². The smallest absolute Gasteiger partial charge is 0.303 e. The van der Waals surface area contributed by atoms with Crippen LogP contribution in [-0.4, -0.2) is 46.7 Å². The number of rotatable bonds is 12. The summed E-state index contributed by atoms with van der Waals surface area (Å²) in [6.45, 7) is 0. The van der Waals surface area contributed by atoms with Crippen LogP contribution >= 0.6 is 0 Å². The zero-order chi connectivity index (χ0) is 20.4. The largest absolute Gasteiger partial charge is 0.481 e. The fourth-order valence-corrected chi connectivity index (χ4v) is 3.73. The van der Waals surface area contributed by atoms with Gasteiger partial charge in [-0.05, 0) is 43.7 Å². The summed E-state index contributed by atoms with van der Waals surface area (Å²) in [5.74, 6) is -0.0464. The van der Waals surface area contributed by atoms with Gasteiger partial charge < -0.3 is 24.5 Å². The third-order valence-electron chi connectivity index (χ3n) is 5.36. The second-order valence-corrected chi connectivity index (χ2v) is 7.38. The minimum Gasteiger partial charge on any atom is -0.481 e. The Kier molecular flexibility index (Phi) is 9.47. The second kappa shape index (κ2) is 11.8. The molecule has 1 aliphatic carbocycles. The van der Waals surface area contributed by atoms with Crippen LogP contribution in [0.4, 0.5) is 0 Å². The summed E-state index contributed by atoms with van der Waals surface area (Å²) in [5.41, 5.74) is 0. The number of aliphatic carboxylic acids is 1. The lowest BCUT2D eigenvalue weighted by Gasteiger charge is -2.20. The first-order valence-corrected chi connectivity index (χ1v) is 9.97. The zero-order valence-electron chi connectivity index (χ0n) is 16.4. The van der Waals surface area contributed by atoms with Gasteiger partial charge in [0, 0.05) is 32.3 Å². The predicted octanol–water partition coefficient (Wildman–Crippen LogP) is 3.34. The molecule has 6 nitrogen and oxygen atoms in total. The van der Waals surface area contributed by atoms with Crippen molar-refractivity contribution >= 4 is 5.97 Å². The van der Waals surface area contributed by atoms with Gasteiger partial charge in [0.25, 0.3) is 0 Å². The van der Waals surface area contributed by atoms with E-state index >= 15 is 0 Å². The van der Waals surface area contributed by atoms with E-state index in [-0.39, 0.29) is 24.4 Å². The molecule has 1 saturated carbocycles. The monoisotopic (exact) mass is 392 g/mol. The molecule has 0 aromatic carbocycles. The number of unbranched alkanes of at least 4 members (excludes halogenated alkanes) is 1. The van der Waals surface area contributed by atoms with Crippen molar-refractivity contribution < 1.29 is 29.3 Å². The highest BCUT2D eigenvalue weighted by Gasteiger charge is 2.39. The molecule has 1 aliphatic rings. The van der Waals surface area contributed by atoms with E-state index in [1.54, 1.807) is 13.4 Å². The van der Waals surface area contributed by atoms with Gasteiger partial charge in [-0.1, -0.05) is 24.3 Å². The van der Waals surface area contributed by atoms with Crippen molar-refractivity contribution in [2.24, 2.45) is 11.8 Å². The Morgan fingerprint density at radius 1 is 1.36 bits per heavy atom. The van der Waals surface area contributed by atoms with Gasteiger partial charge in [0.05, 0.1) is 24.6 Å². The number of aryl methyl sites for hydroxylation is 1.